The van der Waals surface area contributed by atoms with E-state index in [2.05, 4.69) is 17.6 Å². The van der Waals surface area contributed by atoms with E-state index in [0.29, 0.717) is 13.0 Å². The van der Waals surface area contributed by atoms with E-state index in [1.807, 2.05) is 0 Å². The largest absolute Gasteiger partial charge is 0.313 e. The summed E-state index contributed by atoms with van der Waals surface area (Å²) in [4.78, 5) is 23.7. The predicted octanol–water partition coefficient (Wildman–Crippen LogP) is 0.209. The van der Waals surface area contributed by atoms with Crippen molar-refractivity contribution < 1.29 is 14.8 Å². The van der Waals surface area contributed by atoms with Crippen molar-refractivity contribution in [3.8, 4) is 0 Å². The number of carbonyl (C=O) groups excluding carboxylic acids is 2. The molecule has 2 atom stereocenters. The number of Topliss-reactive ketones (excluding diaryl/α,β-unsaturated/α-hetero) is 1. The Bertz CT molecular complexity index is 291. The Morgan fingerprint density at radius 2 is 2.16 bits per heavy atom. The molecule has 110 valence electrons. The lowest BCUT2D eigenvalue weighted by molar-refractivity contribution is -0.135. The summed E-state index contributed by atoms with van der Waals surface area (Å²) in [5.74, 6) is -0.721. The Hall–Kier alpha value is -0.980. The monoisotopic (exact) mass is 271 g/mol. The van der Waals surface area contributed by atoms with Crippen LogP contribution in [0.25, 0.3) is 0 Å². The highest BCUT2D eigenvalue weighted by molar-refractivity contribution is 5.90. The Kier molecular flexibility index (Phi) is 7.62. The number of carbonyl (C=O) groups is 2. The second-order valence-corrected chi connectivity index (χ2v) is 5.05. The van der Waals surface area contributed by atoms with E-state index in [9.17, 15) is 9.59 Å². The van der Waals surface area contributed by atoms with Gasteiger partial charge in [-0.25, -0.2) is 5.48 Å². The number of nitrogens with one attached hydrogen (secondary N) is 3. The molecule has 1 aliphatic rings. The molecule has 4 N–H and O–H groups in total. The zero-order valence-electron chi connectivity index (χ0n) is 11.6. The molecule has 0 radical (unpaired) electrons. The minimum atomic E-state index is -0.487. The molecule has 0 spiro atoms. The molecule has 1 heterocycles. The van der Waals surface area contributed by atoms with Crippen LogP contribution in [0.5, 0.6) is 0 Å². The van der Waals surface area contributed by atoms with Crippen LogP contribution in [0.2, 0.25) is 0 Å². The molecular formula is C13H25N3O3. The fraction of sp³-hybridized carbons (Fsp3) is 0.846. The lowest BCUT2D eigenvalue weighted by Gasteiger charge is -2.27. The van der Waals surface area contributed by atoms with Gasteiger partial charge in [0, 0.05) is 32.0 Å². The van der Waals surface area contributed by atoms with Crippen molar-refractivity contribution in [2.24, 2.45) is 5.92 Å². The van der Waals surface area contributed by atoms with Gasteiger partial charge in [-0.05, 0) is 6.42 Å². The third-order valence-electron chi connectivity index (χ3n) is 3.50. The Morgan fingerprint density at radius 1 is 1.37 bits per heavy atom. The molecule has 19 heavy (non-hydrogen) atoms. The molecule has 0 aliphatic carbocycles. The maximum Gasteiger partial charge on any atom is 0.244 e. The molecule has 0 aromatic heterocycles. The van der Waals surface area contributed by atoms with Gasteiger partial charge in [0.25, 0.3) is 0 Å². The number of hydroxylamine groups is 1. The average molecular weight is 271 g/mol. The smallest absolute Gasteiger partial charge is 0.244 e. The van der Waals surface area contributed by atoms with Crippen molar-refractivity contribution in [1.82, 2.24) is 16.1 Å². The number of unbranched alkanes of at least 4 members (excludes halogenated alkanes) is 2. The molecule has 1 fully saturated rings. The first-order valence-corrected chi connectivity index (χ1v) is 7.09. The van der Waals surface area contributed by atoms with Crippen molar-refractivity contribution >= 4 is 11.7 Å². The van der Waals surface area contributed by atoms with Crippen molar-refractivity contribution in [1.29, 1.82) is 0 Å². The van der Waals surface area contributed by atoms with E-state index in [-0.39, 0.29) is 24.2 Å². The molecule has 0 bridgehead atoms. The van der Waals surface area contributed by atoms with Crippen LogP contribution in [0.15, 0.2) is 0 Å². The SMILES string of the molecule is CCCCC[C@@H](CC(=O)NO)C(=O)[C@@H]1CNCCN1. The summed E-state index contributed by atoms with van der Waals surface area (Å²) in [5.41, 5.74) is 1.62. The van der Waals surface area contributed by atoms with Crippen molar-refractivity contribution in [3.63, 3.8) is 0 Å². The summed E-state index contributed by atoms with van der Waals surface area (Å²) in [6.45, 7) is 4.35. The normalized spacial score (nSPS) is 20.8. The Labute approximate surface area is 114 Å². The van der Waals surface area contributed by atoms with Crippen molar-refractivity contribution in [2.75, 3.05) is 19.6 Å². The molecule has 1 saturated heterocycles. The van der Waals surface area contributed by atoms with Gasteiger partial charge in [-0.1, -0.05) is 26.2 Å². The van der Waals surface area contributed by atoms with E-state index >= 15 is 0 Å². The van der Waals surface area contributed by atoms with Crippen molar-refractivity contribution in [2.45, 2.75) is 45.1 Å². The molecule has 1 aliphatic heterocycles. The van der Waals surface area contributed by atoms with Crippen LogP contribution in [0.4, 0.5) is 0 Å². The lowest BCUT2D eigenvalue weighted by atomic mass is 9.89. The van der Waals surface area contributed by atoms with Gasteiger partial charge in [0.15, 0.2) is 5.78 Å². The van der Waals surface area contributed by atoms with Gasteiger partial charge in [0.05, 0.1) is 6.04 Å². The fourth-order valence-corrected chi connectivity index (χ4v) is 2.39. The van der Waals surface area contributed by atoms with E-state index in [1.165, 1.54) is 0 Å². The van der Waals surface area contributed by atoms with Gasteiger partial charge < -0.3 is 10.6 Å². The van der Waals surface area contributed by atoms with Crippen LogP contribution >= 0.6 is 0 Å². The van der Waals surface area contributed by atoms with Crippen LogP contribution in [0.1, 0.15) is 39.0 Å². The Morgan fingerprint density at radius 3 is 2.74 bits per heavy atom. The number of hydrogen-bond acceptors (Lipinski definition) is 5. The molecule has 1 rings (SSSR count). The number of ketones is 1. The standard InChI is InChI=1S/C13H25N3O3/c1-2-3-4-5-10(8-12(17)16-19)13(18)11-9-14-6-7-15-11/h10-11,14-15,19H,2-9H2,1H3,(H,16,17)/t10-,11-/m0/s1. The number of rotatable bonds is 8. The molecule has 1 amide bonds. The summed E-state index contributed by atoms with van der Waals surface area (Å²) < 4.78 is 0. The van der Waals surface area contributed by atoms with Gasteiger partial charge in [-0.3, -0.25) is 14.8 Å². The van der Waals surface area contributed by atoms with Gasteiger partial charge in [-0.15, -0.1) is 0 Å². The summed E-state index contributed by atoms with van der Waals surface area (Å²) in [7, 11) is 0. The minimum absolute atomic E-state index is 0.0667. The summed E-state index contributed by atoms with van der Waals surface area (Å²) in [6.07, 6.45) is 3.85. The third-order valence-corrected chi connectivity index (χ3v) is 3.50. The van der Waals surface area contributed by atoms with Crippen LogP contribution in [0, 0.1) is 5.92 Å². The first-order chi connectivity index (χ1) is 9.19. The Balaban J connectivity index is 2.53. The van der Waals surface area contributed by atoms with Gasteiger partial charge in [-0.2, -0.15) is 0 Å². The summed E-state index contributed by atoms with van der Waals surface area (Å²) >= 11 is 0. The van der Waals surface area contributed by atoms with E-state index in [1.54, 1.807) is 5.48 Å². The predicted molar refractivity (Wildman–Crippen MR) is 71.8 cm³/mol. The van der Waals surface area contributed by atoms with Crippen LogP contribution in [-0.4, -0.2) is 42.6 Å². The molecule has 6 nitrogen and oxygen atoms in total. The highest BCUT2D eigenvalue weighted by Gasteiger charge is 2.29. The van der Waals surface area contributed by atoms with E-state index in [4.69, 9.17) is 5.21 Å². The second kappa shape index (κ2) is 9.01. The minimum Gasteiger partial charge on any atom is -0.313 e. The fourth-order valence-electron chi connectivity index (χ4n) is 2.39. The zero-order valence-corrected chi connectivity index (χ0v) is 11.6. The zero-order chi connectivity index (χ0) is 14.1. The highest BCUT2D eigenvalue weighted by atomic mass is 16.5. The molecule has 6 heteroatoms. The molecule has 0 unspecified atom stereocenters. The first kappa shape index (κ1) is 16.1. The third kappa shape index (κ3) is 5.67. The quantitative estimate of drug-likeness (QED) is 0.288. The van der Waals surface area contributed by atoms with E-state index < -0.39 is 5.91 Å². The number of piperazine rings is 1. The summed E-state index contributed by atoms with van der Waals surface area (Å²) in [6, 6.07) is -0.216. The van der Waals surface area contributed by atoms with Crippen LogP contribution in [0.3, 0.4) is 0 Å². The number of amides is 1. The maximum absolute atomic E-state index is 12.4. The number of hydrogen-bond donors (Lipinski definition) is 4. The van der Waals surface area contributed by atoms with Gasteiger partial charge >= 0.3 is 0 Å². The van der Waals surface area contributed by atoms with E-state index in [0.717, 1.165) is 32.4 Å². The van der Waals surface area contributed by atoms with Gasteiger partial charge in [0.1, 0.15) is 0 Å². The second-order valence-electron chi connectivity index (χ2n) is 5.05. The highest BCUT2D eigenvalue weighted by Crippen LogP contribution is 2.17. The average Bonchev–Trinajstić information content (AvgIpc) is 2.46. The van der Waals surface area contributed by atoms with Crippen molar-refractivity contribution in [3.05, 3.63) is 0 Å². The van der Waals surface area contributed by atoms with Gasteiger partial charge in [0.2, 0.25) is 5.91 Å². The lowest BCUT2D eigenvalue weighted by Crippen LogP contribution is -2.54. The maximum atomic E-state index is 12.4. The molecule has 0 aromatic carbocycles. The van der Waals surface area contributed by atoms with Crippen LogP contribution in [-0.2, 0) is 9.59 Å². The molecular weight excluding hydrogens is 246 g/mol. The topological polar surface area (TPSA) is 90.5 Å². The summed E-state index contributed by atoms with van der Waals surface area (Å²) in [5, 5.41) is 15.0. The first-order valence-electron chi connectivity index (χ1n) is 7.09. The molecule has 0 saturated carbocycles. The van der Waals surface area contributed by atoms with Crippen LogP contribution < -0.4 is 16.1 Å². The molecule has 0 aromatic rings.